The second kappa shape index (κ2) is 7.47. The molecule has 6 nitrogen and oxygen atoms in total. The number of benzene rings is 2. The van der Waals surface area contributed by atoms with Gasteiger partial charge < -0.3 is 10.0 Å². The van der Waals surface area contributed by atoms with E-state index in [2.05, 4.69) is 0 Å². The van der Waals surface area contributed by atoms with Gasteiger partial charge in [-0.1, -0.05) is 24.3 Å². The number of piperidine rings is 1. The average molecular weight is 374 g/mol. The number of sulfonamides is 1. The fourth-order valence-electron chi connectivity index (χ4n) is 2.98. The highest BCUT2D eigenvalue weighted by molar-refractivity contribution is 7.92. The van der Waals surface area contributed by atoms with Gasteiger partial charge in [-0.15, -0.1) is 0 Å². The van der Waals surface area contributed by atoms with E-state index >= 15 is 0 Å². The fourth-order valence-corrected chi connectivity index (χ4v) is 4.22. The Balaban J connectivity index is 1.85. The average Bonchev–Trinajstić information content (AvgIpc) is 2.68. The number of aliphatic hydroxyl groups excluding tert-OH is 1. The first kappa shape index (κ1) is 18.4. The van der Waals surface area contributed by atoms with Gasteiger partial charge in [-0.3, -0.25) is 9.10 Å². The molecule has 1 fully saturated rings. The maximum absolute atomic E-state index is 12.9. The lowest BCUT2D eigenvalue weighted by atomic mass is 10.1. The summed E-state index contributed by atoms with van der Waals surface area (Å²) in [5, 5.41) is 9.58. The molecule has 0 saturated carbocycles. The fraction of sp³-hybridized carbons (Fsp3) is 0.316. The van der Waals surface area contributed by atoms with Crippen LogP contribution in [0.4, 0.5) is 5.69 Å². The van der Waals surface area contributed by atoms with E-state index in [1.165, 1.54) is 23.5 Å². The Morgan fingerprint density at radius 1 is 1.08 bits per heavy atom. The van der Waals surface area contributed by atoms with Gasteiger partial charge in [0.15, 0.2) is 0 Å². The molecule has 0 unspecified atom stereocenters. The van der Waals surface area contributed by atoms with Crippen LogP contribution >= 0.6 is 0 Å². The summed E-state index contributed by atoms with van der Waals surface area (Å²) in [4.78, 5) is 14.4. The van der Waals surface area contributed by atoms with E-state index in [1.54, 1.807) is 41.3 Å². The summed E-state index contributed by atoms with van der Waals surface area (Å²) < 4.78 is 27.0. The lowest BCUT2D eigenvalue weighted by Crippen LogP contribution is -2.40. The first-order chi connectivity index (χ1) is 12.4. The highest BCUT2D eigenvalue weighted by atomic mass is 32.2. The topological polar surface area (TPSA) is 77.9 Å². The van der Waals surface area contributed by atoms with Crippen LogP contribution in [0.1, 0.15) is 23.2 Å². The van der Waals surface area contributed by atoms with Crippen LogP contribution in [-0.4, -0.2) is 50.6 Å². The molecule has 0 atom stereocenters. The third-order valence-electron chi connectivity index (χ3n) is 4.61. The molecule has 138 valence electrons. The molecule has 7 heteroatoms. The quantitative estimate of drug-likeness (QED) is 0.889. The summed E-state index contributed by atoms with van der Waals surface area (Å²) in [7, 11) is -2.27. The minimum Gasteiger partial charge on any atom is -0.393 e. The second-order valence-electron chi connectivity index (χ2n) is 6.36. The Labute approximate surface area is 153 Å². The van der Waals surface area contributed by atoms with Gasteiger partial charge in [-0.2, -0.15) is 0 Å². The third-order valence-corrected chi connectivity index (χ3v) is 6.39. The first-order valence-corrected chi connectivity index (χ1v) is 9.95. The summed E-state index contributed by atoms with van der Waals surface area (Å²) in [6, 6.07) is 14.9. The van der Waals surface area contributed by atoms with Crippen LogP contribution in [0.25, 0.3) is 0 Å². The van der Waals surface area contributed by atoms with Crippen molar-refractivity contribution in [2.75, 3.05) is 24.4 Å². The minimum atomic E-state index is -3.76. The third kappa shape index (κ3) is 3.73. The van der Waals surface area contributed by atoms with E-state index in [4.69, 9.17) is 0 Å². The molecule has 2 aromatic rings. The van der Waals surface area contributed by atoms with E-state index < -0.39 is 10.0 Å². The molecule has 1 aliphatic heterocycles. The number of amides is 1. The molecule has 1 aliphatic rings. The summed E-state index contributed by atoms with van der Waals surface area (Å²) in [5.41, 5.74) is 0.887. The molecule has 2 aromatic carbocycles. The van der Waals surface area contributed by atoms with E-state index in [0.717, 1.165) is 0 Å². The Morgan fingerprint density at radius 3 is 2.38 bits per heavy atom. The summed E-state index contributed by atoms with van der Waals surface area (Å²) >= 11 is 0. The Hall–Kier alpha value is -2.38. The predicted octanol–water partition coefficient (Wildman–Crippen LogP) is 2.11. The number of carbonyl (C=O) groups is 1. The highest BCUT2D eigenvalue weighted by Crippen LogP contribution is 2.23. The van der Waals surface area contributed by atoms with Crippen molar-refractivity contribution in [1.29, 1.82) is 0 Å². The monoisotopic (exact) mass is 374 g/mol. The molecule has 0 aromatic heterocycles. The zero-order valence-corrected chi connectivity index (χ0v) is 15.4. The lowest BCUT2D eigenvalue weighted by Gasteiger charge is -2.29. The molecule has 3 rings (SSSR count). The molecule has 0 bridgehead atoms. The van der Waals surface area contributed by atoms with E-state index in [0.29, 0.717) is 37.2 Å². The largest absolute Gasteiger partial charge is 0.393 e. The number of rotatable bonds is 4. The van der Waals surface area contributed by atoms with Gasteiger partial charge in [0.1, 0.15) is 0 Å². The number of carbonyl (C=O) groups excluding carboxylic acids is 1. The van der Waals surface area contributed by atoms with Gasteiger partial charge in [-0.25, -0.2) is 8.42 Å². The van der Waals surface area contributed by atoms with Crippen molar-refractivity contribution in [3.8, 4) is 0 Å². The minimum absolute atomic E-state index is 0.0757. The first-order valence-electron chi connectivity index (χ1n) is 8.51. The zero-order valence-electron chi connectivity index (χ0n) is 14.6. The van der Waals surface area contributed by atoms with Crippen molar-refractivity contribution < 1.29 is 18.3 Å². The van der Waals surface area contributed by atoms with Crippen LogP contribution in [0.3, 0.4) is 0 Å². The van der Waals surface area contributed by atoms with E-state index in [9.17, 15) is 18.3 Å². The van der Waals surface area contributed by atoms with Gasteiger partial charge in [0.05, 0.1) is 16.7 Å². The number of aliphatic hydroxyl groups is 1. The molecule has 1 amide bonds. The SMILES string of the molecule is CN(c1ccccc1)S(=O)(=O)c1cccc(C(=O)N2CCC(O)CC2)c1. The van der Waals surface area contributed by atoms with Crippen LogP contribution in [0, 0.1) is 0 Å². The van der Waals surface area contributed by atoms with Crippen LogP contribution in [0.5, 0.6) is 0 Å². The summed E-state index contributed by atoms with van der Waals surface area (Å²) in [6.07, 6.45) is 0.714. The second-order valence-corrected chi connectivity index (χ2v) is 8.33. The number of likely N-dealkylation sites (tertiary alicyclic amines) is 1. The number of para-hydroxylation sites is 1. The van der Waals surface area contributed by atoms with Crippen LogP contribution in [-0.2, 0) is 10.0 Å². The van der Waals surface area contributed by atoms with Gasteiger partial charge in [0, 0.05) is 25.7 Å². The lowest BCUT2D eigenvalue weighted by molar-refractivity contribution is 0.0546. The number of hydrogen-bond donors (Lipinski definition) is 1. The van der Waals surface area contributed by atoms with Gasteiger partial charge in [-0.05, 0) is 43.2 Å². The molecular formula is C19H22N2O4S. The van der Waals surface area contributed by atoms with Crippen molar-refractivity contribution in [3.63, 3.8) is 0 Å². The smallest absolute Gasteiger partial charge is 0.264 e. The normalized spacial score (nSPS) is 15.7. The van der Waals surface area contributed by atoms with Crippen molar-refractivity contribution in [2.45, 2.75) is 23.8 Å². The van der Waals surface area contributed by atoms with Crippen molar-refractivity contribution in [1.82, 2.24) is 4.90 Å². The predicted molar refractivity (Wildman–Crippen MR) is 99.6 cm³/mol. The highest BCUT2D eigenvalue weighted by Gasteiger charge is 2.25. The van der Waals surface area contributed by atoms with Crippen LogP contribution < -0.4 is 4.31 Å². The summed E-state index contributed by atoms with van der Waals surface area (Å²) in [5.74, 6) is -0.212. The zero-order chi connectivity index (χ0) is 18.7. The molecule has 1 N–H and O–H groups in total. The molecule has 0 spiro atoms. The Kier molecular flexibility index (Phi) is 5.29. The molecule has 1 heterocycles. The Morgan fingerprint density at radius 2 is 1.73 bits per heavy atom. The molecule has 0 radical (unpaired) electrons. The maximum atomic E-state index is 12.9. The van der Waals surface area contributed by atoms with E-state index in [1.807, 2.05) is 6.07 Å². The van der Waals surface area contributed by atoms with Gasteiger partial charge in [0.2, 0.25) is 0 Å². The van der Waals surface area contributed by atoms with Crippen LogP contribution in [0.15, 0.2) is 59.5 Å². The van der Waals surface area contributed by atoms with Gasteiger partial charge in [0.25, 0.3) is 15.9 Å². The molecule has 1 saturated heterocycles. The number of anilines is 1. The molecular weight excluding hydrogens is 352 g/mol. The molecule has 26 heavy (non-hydrogen) atoms. The van der Waals surface area contributed by atoms with Crippen molar-refractivity contribution in [2.24, 2.45) is 0 Å². The van der Waals surface area contributed by atoms with Crippen molar-refractivity contribution in [3.05, 3.63) is 60.2 Å². The standard InChI is InChI=1S/C19H22N2O4S/c1-20(16-7-3-2-4-8-16)26(24,25)18-9-5-6-15(14-18)19(23)21-12-10-17(22)11-13-21/h2-9,14,17,22H,10-13H2,1H3. The van der Waals surface area contributed by atoms with Gasteiger partial charge >= 0.3 is 0 Å². The van der Waals surface area contributed by atoms with Crippen molar-refractivity contribution >= 4 is 21.6 Å². The maximum Gasteiger partial charge on any atom is 0.264 e. The number of hydrogen-bond acceptors (Lipinski definition) is 4. The van der Waals surface area contributed by atoms with E-state index in [-0.39, 0.29) is 16.9 Å². The summed E-state index contributed by atoms with van der Waals surface area (Å²) in [6.45, 7) is 0.946. The van der Waals surface area contributed by atoms with Crippen LogP contribution in [0.2, 0.25) is 0 Å². The number of nitrogens with zero attached hydrogens (tertiary/aromatic N) is 2. The molecule has 0 aliphatic carbocycles. The Bertz CT molecular complexity index is 875.